The van der Waals surface area contributed by atoms with Gasteiger partial charge < -0.3 is 20.3 Å². The number of nitrogens with one attached hydrogen (secondary N) is 2. The average Bonchev–Trinajstić information content (AvgIpc) is 3.21. The molecule has 0 amide bonds. The van der Waals surface area contributed by atoms with Crippen LogP contribution in [0.3, 0.4) is 0 Å². The number of rotatable bonds is 4. The minimum atomic E-state index is 0.404. The van der Waals surface area contributed by atoms with E-state index >= 15 is 0 Å². The zero-order valence-corrected chi connectivity index (χ0v) is 19.5. The van der Waals surface area contributed by atoms with E-state index < -0.39 is 0 Å². The van der Waals surface area contributed by atoms with Gasteiger partial charge in [-0.15, -0.1) is 0 Å². The van der Waals surface area contributed by atoms with E-state index in [0.717, 1.165) is 46.5 Å². The van der Waals surface area contributed by atoms with Crippen molar-refractivity contribution in [2.24, 2.45) is 7.05 Å². The number of aliphatic hydroxyl groups excluding tert-OH is 1. The fourth-order valence-corrected chi connectivity index (χ4v) is 4.02. The third-order valence-electron chi connectivity index (χ3n) is 5.69. The minimum Gasteiger partial charge on any atom is -0.512 e. The predicted octanol–water partition coefficient (Wildman–Crippen LogP) is 5.59. The van der Waals surface area contributed by atoms with Gasteiger partial charge in [-0.3, -0.25) is 9.97 Å². The zero-order valence-electron chi connectivity index (χ0n) is 19.5. The molecule has 1 aliphatic rings. The van der Waals surface area contributed by atoms with E-state index in [1.54, 1.807) is 12.4 Å². The quantitative estimate of drug-likeness (QED) is 0.385. The summed E-state index contributed by atoms with van der Waals surface area (Å²) in [5.74, 6) is 0.404. The van der Waals surface area contributed by atoms with Crippen LogP contribution in [0.5, 0.6) is 0 Å². The molecule has 0 bridgehead atoms. The van der Waals surface area contributed by atoms with Gasteiger partial charge in [-0.1, -0.05) is 32.1 Å². The first-order valence-corrected chi connectivity index (χ1v) is 11.5. The van der Waals surface area contributed by atoms with Gasteiger partial charge in [0, 0.05) is 68.5 Å². The van der Waals surface area contributed by atoms with E-state index in [-0.39, 0.29) is 0 Å². The average molecular weight is 442 g/mol. The van der Waals surface area contributed by atoms with Gasteiger partial charge in [0.05, 0.1) is 16.8 Å². The molecule has 0 spiro atoms. The Kier molecular flexibility index (Phi) is 7.05. The standard InChI is InChI=1S/C25H25N5O.C2H6/c1-30-11-6-18-2-3-19(13-24(18)30)22-14-20(15-23-25(22)28-10-9-27-23)29-16-17-4-7-26-8-5-21(31)12-17;1-2/h2-4,6,9-15,26,29,31H,5,7-8,16H2,1H3;1-2H3/b17-4+,21-12+;. The molecule has 0 radical (unpaired) electrons. The van der Waals surface area contributed by atoms with Crippen molar-refractivity contribution >= 4 is 27.6 Å². The third kappa shape index (κ3) is 5.07. The van der Waals surface area contributed by atoms with E-state index in [9.17, 15) is 5.11 Å². The zero-order chi connectivity index (χ0) is 23.2. The summed E-state index contributed by atoms with van der Waals surface area (Å²) < 4.78 is 2.13. The topological polar surface area (TPSA) is 75.0 Å². The van der Waals surface area contributed by atoms with Gasteiger partial charge in [-0.25, -0.2) is 0 Å². The third-order valence-corrected chi connectivity index (χ3v) is 5.69. The highest BCUT2D eigenvalue weighted by molar-refractivity contribution is 5.97. The van der Waals surface area contributed by atoms with E-state index in [1.165, 1.54) is 10.9 Å². The molecule has 0 fully saturated rings. The van der Waals surface area contributed by atoms with Crippen molar-refractivity contribution in [1.82, 2.24) is 19.9 Å². The van der Waals surface area contributed by atoms with E-state index in [1.807, 2.05) is 26.0 Å². The summed E-state index contributed by atoms with van der Waals surface area (Å²) in [5.41, 5.74) is 7.09. The Bertz CT molecular complexity index is 1320. The van der Waals surface area contributed by atoms with Gasteiger partial charge >= 0.3 is 0 Å². The van der Waals surface area contributed by atoms with Gasteiger partial charge in [-0.05, 0) is 46.9 Å². The molecule has 6 nitrogen and oxygen atoms in total. The highest BCUT2D eigenvalue weighted by Crippen LogP contribution is 2.32. The van der Waals surface area contributed by atoms with Crippen molar-refractivity contribution < 1.29 is 5.11 Å². The molecule has 4 aromatic rings. The molecule has 1 aliphatic heterocycles. The summed E-state index contributed by atoms with van der Waals surface area (Å²) in [6.45, 7) is 6.21. The Morgan fingerprint density at radius 2 is 1.94 bits per heavy atom. The lowest BCUT2D eigenvalue weighted by Gasteiger charge is -2.14. The highest BCUT2D eigenvalue weighted by atomic mass is 16.3. The lowest BCUT2D eigenvalue weighted by atomic mass is 10.0. The maximum absolute atomic E-state index is 10.0. The number of benzene rings is 2. The van der Waals surface area contributed by atoms with E-state index in [2.05, 4.69) is 74.8 Å². The summed E-state index contributed by atoms with van der Waals surface area (Å²) in [4.78, 5) is 9.16. The van der Waals surface area contributed by atoms with Crippen LogP contribution >= 0.6 is 0 Å². The van der Waals surface area contributed by atoms with Crippen LogP contribution in [-0.4, -0.2) is 39.3 Å². The number of aromatic nitrogens is 3. The molecule has 0 saturated heterocycles. The Labute approximate surface area is 194 Å². The molecular weight excluding hydrogens is 410 g/mol. The second kappa shape index (κ2) is 10.3. The van der Waals surface area contributed by atoms with Gasteiger partial charge in [0.25, 0.3) is 0 Å². The number of anilines is 1. The number of hydrogen-bond donors (Lipinski definition) is 3. The molecule has 2 aromatic heterocycles. The van der Waals surface area contributed by atoms with Crippen LogP contribution in [-0.2, 0) is 7.05 Å². The molecule has 0 atom stereocenters. The minimum absolute atomic E-state index is 0.404. The van der Waals surface area contributed by atoms with Crippen molar-refractivity contribution in [2.75, 3.05) is 25.0 Å². The van der Waals surface area contributed by atoms with Crippen LogP contribution in [0, 0.1) is 0 Å². The fraction of sp³-hybridized carbons (Fsp3) is 0.259. The van der Waals surface area contributed by atoms with Gasteiger partial charge in [0.2, 0.25) is 0 Å². The Morgan fingerprint density at radius 3 is 2.82 bits per heavy atom. The van der Waals surface area contributed by atoms with Crippen LogP contribution in [0.2, 0.25) is 0 Å². The van der Waals surface area contributed by atoms with E-state index in [4.69, 9.17) is 0 Å². The van der Waals surface area contributed by atoms with Crippen molar-refractivity contribution in [3.05, 3.63) is 78.5 Å². The second-order valence-electron chi connectivity index (χ2n) is 7.87. The molecule has 3 N–H and O–H groups in total. The molecular formula is C27H31N5O. The summed E-state index contributed by atoms with van der Waals surface area (Å²) in [6, 6.07) is 12.8. The molecule has 2 aromatic carbocycles. The first-order chi connectivity index (χ1) is 16.2. The highest BCUT2D eigenvalue weighted by Gasteiger charge is 2.11. The fourth-order valence-electron chi connectivity index (χ4n) is 4.02. The smallest absolute Gasteiger partial charge is 0.0966 e. The predicted molar refractivity (Wildman–Crippen MR) is 138 cm³/mol. The van der Waals surface area contributed by atoms with Crippen LogP contribution in [0.1, 0.15) is 20.3 Å². The Morgan fingerprint density at radius 1 is 1.09 bits per heavy atom. The number of hydrogen-bond acceptors (Lipinski definition) is 5. The summed E-state index contributed by atoms with van der Waals surface area (Å²) in [7, 11) is 2.06. The molecule has 0 unspecified atom stereocenters. The number of nitrogens with zero attached hydrogens (tertiary/aromatic N) is 3. The van der Waals surface area contributed by atoms with Crippen LogP contribution < -0.4 is 10.6 Å². The first kappa shape index (κ1) is 22.6. The van der Waals surface area contributed by atoms with Crippen LogP contribution in [0.25, 0.3) is 33.1 Å². The molecule has 5 rings (SSSR count). The summed E-state index contributed by atoms with van der Waals surface area (Å²) in [5, 5.41) is 18.1. The van der Waals surface area contributed by atoms with Crippen molar-refractivity contribution in [3.8, 4) is 11.1 Å². The lowest BCUT2D eigenvalue weighted by molar-refractivity contribution is 0.384. The summed E-state index contributed by atoms with van der Waals surface area (Å²) >= 11 is 0. The van der Waals surface area contributed by atoms with Gasteiger partial charge in [-0.2, -0.15) is 0 Å². The van der Waals surface area contributed by atoms with Crippen molar-refractivity contribution in [1.29, 1.82) is 0 Å². The van der Waals surface area contributed by atoms with E-state index in [0.29, 0.717) is 18.7 Å². The molecule has 33 heavy (non-hydrogen) atoms. The largest absolute Gasteiger partial charge is 0.512 e. The van der Waals surface area contributed by atoms with Crippen molar-refractivity contribution in [2.45, 2.75) is 20.3 Å². The van der Waals surface area contributed by atoms with Crippen LogP contribution in [0.4, 0.5) is 5.69 Å². The summed E-state index contributed by atoms with van der Waals surface area (Å²) in [6.07, 6.45) is 10.1. The molecule has 170 valence electrons. The molecule has 6 heteroatoms. The maximum Gasteiger partial charge on any atom is 0.0966 e. The molecule has 0 aliphatic carbocycles. The van der Waals surface area contributed by atoms with Gasteiger partial charge in [0.1, 0.15) is 0 Å². The number of aryl methyl sites for hydroxylation is 1. The number of fused-ring (bicyclic) bond motifs is 2. The monoisotopic (exact) mass is 441 g/mol. The second-order valence-corrected chi connectivity index (χ2v) is 7.87. The Balaban J connectivity index is 0.00000126. The normalized spacial score (nSPS) is 17.2. The van der Waals surface area contributed by atoms with Gasteiger partial charge in [0.15, 0.2) is 0 Å². The first-order valence-electron chi connectivity index (χ1n) is 11.5. The van der Waals surface area contributed by atoms with Crippen LogP contribution in [0.15, 0.2) is 78.5 Å². The Hall–Kier alpha value is -3.64. The maximum atomic E-state index is 10.0. The molecule has 3 heterocycles. The SMILES string of the molecule is CC.Cn1ccc2ccc(-c3cc(NCC4=C/CNCC/C(O)=C\4)cc4nccnc34)cc21. The number of aliphatic hydroxyl groups is 1. The lowest BCUT2D eigenvalue weighted by Crippen LogP contribution is -2.18. The van der Waals surface area contributed by atoms with Crippen molar-refractivity contribution in [3.63, 3.8) is 0 Å². The molecule has 0 saturated carbocycles.